The molecule has 0 aromatic heterocycles. The summed E-state index contributed by atoms with van der Waals surface area (Å²) in [5.41, 5.74) is 0.922. The van der Waals surface area contributed by atoms with Crippen molar-refractivity contribution in [2.45, 2.75) is 31.2 Å². The Bertz CT molecular complexity index is 366. The lowest BCUT2D eigenvalue weighted by molar-refractivity contribution is -0.140. The predicted molar refractivity (Wildman–Crippen MR) is 58.0 cm³/mol. The number of carbonyl (C=O) groups is 1. The van der Waals surface area contributed by atoms with Gasteiger partial charge in [0.1, 0.15) is 18.3 Å². The molecule has 0 spiro atoms. The van der Waals surface area contributed by atoms with E-state index < -0.39 is 24.6 Å². The summed E-state index contributed by atoms with van der Waals surface area (Å²) in [5.74, 6) is 0. The maximum Gasteiger partial charge on any atom is 0.184 e. The second-order valence-electron chi connectivity index (χ2n) is 3.88. The van der Waals surface area contributed by atoms with Crippen LogP contribution in [0.3, 0.4) is 0 Å². The van der Waals surface area contributed by atoms with Crippen molar-refractivity contribution in [1.29, 1.82) is 0 Å². The van der Waals surface area contributed by atoms with Crippen molar-refractivity contribution in [3.8, 4) is 0 Å². The molecule has 5 heteroatoms. The summed E-state index contributed by atoms with van der Waals surface area (Å²) < 4.78 is 10.2. The van der Waals surface area contributed by atoms with Crippen LogP contribution in [0.1, 0.15) is 5.56 Å². The number of hydrogen-bond donors (Lipinski definition) is 2. The third-order valence-electron chi connectivity index (χ3n) is 2.67. The molecule has 17 heavy (non-hydrogen) atoms. The Hall–Kier alpha value is -1.27. The van der Waals surface area contributed by atoms with Gasteiger partial charge in [0.2, 0.25) is 0 Å². The lowest BCUT2D eigenvalue weighted by Crippen LogP contribution is -2.35. The zero-order valence-electron chi connectivity index (χ0n) is 9.10. The van der Waals surface area contributed by atoms with Crippen LogP contribution in [0.5, 0.6) is 0 Å². The zero-order chi connectivity index (χ0) is 12.3. The maximum absolute atomic E-state index is 10.7. The van der Waals surface area contributed by atoms with Crippen LogP contribution in [0.4, 0.5) is 0 Å². The number of rotatable bonds is 4. The highest BCUT2D eigenvalue weighted by Gasteiger charge is 2.43. The second-order valence-corrected chi connectivity index (χ2v) is 3.88. The van der Waals surface area contributed by atoms with Gasteiger partial charge >= 0.3 is 0 Å². The predicted octanol–water partition coefficient (Wildman–Crippen LogP) is -0.151. The Morgan fingerprint density at radius 1 is 1.29 bits per heavy atom. The molecule has 0 amide bonds. The Kier molecular flexibility index (Phi) is 3.86. The van der Waals surface area contributed by atoms with Crippen LogP contribution in [-0.4, -0.2) is 41.1 Å². The molecule has 1 aliphatic rings. The van der Waals surface area contributed by atoms with Crippen molar-refractivity contribution in [2.24, 2.45) is 0 Å². The topological polar surface area (TPSA) is 76.0 Å². The van der Waals surface area contributed by atoms with Crippen molar-refractivity contribution in [1.82, 2.24) is 0 Å². The van der Waals surface area contributed by atoms with Gasteiger partial charge in [-0.25, -0.2) is 0 Å². The number of hydrogen-bond acceptors (Lipinski definition) is 5. The molecule has 1 aromatic rings. The van der Waals surface area contributed by atoms with E-state index in [-0.39, 0.29) is 6.61 Å². The third kappa shape index (κ3) is 2.70. The van der Waals surface area contributed by atoms with Crippen LogP contribution in [-0.2, 0) is 20.9 Å². The van der Waals surface area contributed by atoms with Crippen LogP contribution >= 0.6 is 0 Å². The highest BCUT2D eigenvalue weighted by molar-refractivity contribution is 5.58. The molecule has 5 nitrogen and oxygen atoms in total. The van der Waals surface area contributed by atoms with Crippen LogP contribution < -0.4 is 0 Å². The fraction of sp³-hybridized carbons (Fsp3) is 0.417. The van der Waals surface area contributed by atoms with Gasteiger partial charge in [-0.3, -0.25) is 0 Å². The molecule has 1 saturated heterocycles. The lowest BCUT2D eigenvalue weighted by atomic mass is 10.1. The van der Waals surface area contributed by atoms with Crippen LogP contribution in [0.15, 0.2) is 30.3 Å². The first-order valence-corrected chi connectivity index (χ1v) is 5.35. The molecule has 0 saturated carbocycles. The Labute approximate surface area is 98.6 Å². The number of aliphatic hydroxyl groups excluding tert-OH is 2. The van der Waals surface area contributed by atoms with E-state index in [1.165, 1.54) is 0 Å². The highest BCUT2D eigenvalue weighted by atomic mass is 16.7. The monoisotopic (exact) mass is 238 g/mol. The van der Waals surface area contributed by atoms with E-state index in [2.05, 4.69) is 0 Å². The van der Waals surface area contributed by atoms with Crippen molar-refractivity contribution < 1.29 is 24.5 Å². The highest BCUT2D eigenvalue weighted by Crippen LogP contribution is 2.22. The number of ether oxygens (including phenoxy) is 2. The van der Waals surface area contributed by atoms with Crippen molar-refractivity contribution >= 4 is 6.29 Å². The zero-order valence-corrected chi connectivity index (χ0v) is 9.10. The minimum absolute atomic E-state index is 0.253. The summed E-state index contributed by atoms with van der Waals surface area (Å²) in [6, 6.07) is 9.36. The molecule has 92 valence electrons. The van der Waals surface area contributed by atoms with Crippen molar-refractivity contribution in [3.05, 3.63) is 35.9 Å². The standard InChI is InChI=1S/C12H14O5/c13-6-9-11(10(14)12(15)17-9)16-7-8-4-2-1-3-5-8/h1-6,9-12,14-15H,7H2/t9-,10-,11+,12?/m1/s1. The normalized spacial score (nSPS) is 32.6. The molecule has 1 fully saturated rings. The lowest BCUT2D eigenvalue weighted by Gasteiger charge is -2.17. The molecule has 0 radical (unpaired) electrons. The van der Waals surface area contributed by atoms with E-state index in [0.717, 1.165) is 5.56 Å². The third-order valence-corrected chi connectivity index (χ3v) is 2.67. The Morgan fingerprint density at radius 2 is 2.00 bits per heavy atom. The molecule has 1 aliphatic heterocycles. The van der Waals surface area contributed by atoms with E-state index in [1.807, 2.05) is 30.3 Å². The summed E-state index contributed by atoms with van der Waals surface area (Å²) in [6.07, 6.45) is -3.80. The molecular formula is C12H14O5. The Morgan fingerprint density at radius 3 is 2.65 bits per heavy atom. The molecule has 1 heterocycles. The van der Waals surface area contributed by atoms with Gasteiger partial charge in [-0.05, 0) is 5.56 Å². The van der Waals surface area contributed by atoms with Gasteiger partial charge in [0, 0.05) is 0 Å². The summed E-state index contributed by atoms with van der Waals surface area (Å²) in [6.45, 7) is 0.253. The summed E-state index contributed by atoms with van der Waals surface area (Å²) in [7, 11) is 0. The second kappa shape index (κ2) is 5.37. The first-order chi connectivity index (χ1) is 8.22. The van der Waals surface area contributed by atoms with Gasteiger partial charge in [-0.15, -0.1) is 0 Å². The minimum Gasteiger partial charge on any atom is -0.385 e. The average Bonchev–Trinajstić information content (AvgIpc) is 2.64. The summed E-state index contributed by atoms with van der Waals surface area (Å²) >= 11 is 0. The van der Waals surface area contributed by atoms with Crippen LogP contribution in [0, 0.1) is 0 Å². The van der Waals surface area contributed by atoms with E-state index in [9.17, 15) is 15.0 Å². The van der Waals surface area contributed by atoms with Gasteiger partial charge in [-0.1, -0.05) is 30.3 Å². The van der Waals surface area contributed by atoms with Gasteiger partial charge in [0.05, 0.1) is 6.61 Å². The molecule has 0 bridgehead atoms. The van der Waals surface area contributed by atoms with Gasteiger partial charge in [0.25, 0.3) is 0 Å². The van der Waals surface area contributed by atoms with Crippen LogP contribution in [0.2, 0.25) is 0 Å². The summed E-state index contributed by atoms with van der Waals surface area (Å²) in [4.78, 5) is 10.7. The fourth-order valence-electron chi connectivity index (χ4n) is 1.75. The number of aliphatic hydroxyl groups is 2. The molecule has 4 atom stereocenters. The molecular weight excluding hydrogens is 224 g/mol. The molecule has 0 aliphatic carbocycles. The number of carbonyl (C=O) groups excluding carboxylic acids is 1. The minimum atomic E-state index is -1.37. The SMILES string of the molecule is O=C[C@H]1OC(O)[C@H](O)[C@H]1OCc1ccccc1. The average molecular weight is 238 g/mol. The van der Waals surface area contributed by atoms with Gasteiger partial charge in [0.15, 0.2) is 12.6 Å². The first kappa shape index (κ1) is 12.2. The van der Waals surface area contributed by atoms with E-state index in [1.54, 1.807) is 0 Å². The quantitative estimate of drug-likeness (QED) is 0.713. The van der Waals surface area contributed by atoms with E-state index in [0.29, 0.717) is 6.29 Å². The number of aldehydes is 1. The van der Waals surface area contributed by atoms with E-state index in [4.69, 9.17) is 9.47 Å². The van der Waals surface area contributed by atoms with Crippen LogP contribution in [0.25, 0.3) is 0 Å². The summed E-state index contributed by atoms with van der Waals surface area (Å²) in [5, 5.41) is 18.8. The number of benzene rings is 1. The fourth-order valence-corrected chi connectivity index (χ4v) is 1.75. The largest absolute Gasteiger partial charge is 0.385 e. The van der Waals surface area contributed by atoms with E-state index >= 15 is 0 Å². The van der Waals surface area contributed by atoms with Crippen molar-refractivity contribution in [2.75, 3.05) is 0 Å². The molecule has 1 unspecified atom stereocenters. The van der Waals surface area contributed by atoms with Gasteiger partial charge < -0.3 is 24.5 Å². The molecule has 2 rings (SSSR count). The van der Waals surface area contributed by atoms with Gasteiger partial charge in [-0.2, -0.15) is 0 Å². The molecule has 2 N–H and O–H groups in total. The smallest absolute Gasteiger partial charge is 0.184 e. The molecule has 1 aromatic carbocycles. The maximum atomic E-state index is 10.7. The first-order valence-electron chi connectivity index (χ1n) is 5.35. The van der Waals surface area contributed by atoms with Crippen molar-refractivity contribution in [3.63, 3.8) is 0 Å². The Balaban J connectivity index is 1.96.